The molecule has 1 aliphatic heterocycles. The SMILES string of the molecule is CC(=O)NC1C(=O)N(CCOc2ccc3ccccc3c2)c2ccc(C)cc21. The lowest BCUT2D eigenvalue weighted by Gasteiger charge is -2.18. The molecule has 4 rings (SSSR count). The number of nitrogens with one attached hydrogen (secondary N) is 1. The van der Waals surface area contributed by atoms with Crippen LogP contribution in [0, 0.1) is 6.92 Å². The highest BCUT2D eigenvalue weighted by molar-refractivity contribution is 6.06. The second-order valence-electron chi connectivity index (χ2n) is 7.04. The van der Waals surface area contributed by atoms with Crippen LogP contribution in [0.1, 0.15) is 24.1 Å². The highest BCUT2D eigenvalue weighted by Gasteiger charge is 2.37. The molecule has 0 fully saturated rings. The van der Waals surface area contributed by atoms with Gasteiger partial charge in [-0.1, -0.05) is 48.0 Å². The maximum Gasteiger partial charge on any atom is 0.254 e. The highest BCUT2D eigenvalue weighted by atomic mass is 16.5. The number of benzene rings is 3. The van der Waals surface area contributed by atoms with Crippen LogP contribution in [0.3, 0.4) is 0 Å². The van der Waals surface area contributed by atoms with Crippen LogP contribution in [0.25, 0.3) is 10.8 Å². The van der Waals surface area contributed by atoms with E-state index in [9.17, 15) is 9.59 Å². The van der Waals surface area contributed by atoms with Gasteiger partial charge in [0, 0.05) is 18.2 Å². The average molecular weight is 374 g/mol. The van der Waals surface area contributed by atoms with Gasteiger partial charge in [-0.25, -0.2) is 0 Å². The van der Waals surface area contributed by atoms with Gasteiger partial charge in [-0.05, 0) is 35.9 Å². The summed E-state index contributed by atoms with van der Waals surface area (Å²) in [5.74, 6) is 0.422. The molecule has 1 aliphatic rings. The van der Waals surface area contributed by atoms with Crippen molar-refractivity contribution in [1.29, 1.82) is 0 Å². The molecule has 3 aromatic carbocycles. The first-order valence-electron chi connectivity index (χ1n) is 9.33. The molecule has 1 unspecified atom stereocenters. The number of rotatable bonds is 5. The zero-order chi connectivity index (χ0) is 19.7. The van der Waals surface area contributed by atoms with Crippen molar-refractivity contribution >= 4 is 28.3 Å². The smallest absolute Gasteiger partial charge is 0.254 e. The molecular formula is C23H22N2O3. The molecule has 3 aromatic rings. The lowest BCUT2D eigenvalue weighted by atomic mass is 10.1. The Morgan fingerprint density at radius 3 is 2.64 bits per heavy atom. The van der Waals surface area contributed by atoms with Crippen LogP contribution in [0.5, 0.6) is 5.75 Å². The zero-order valence-corrected chi connectivity index (χ0v) is 15.9. The van der Waals surface area contributed by atoms with E-state index in [2.05, 4.69) is 11.4 Å². The third kappa shape index (κ3) is 3.43. The molecule has 1 atom stereocenters. The van der Waals surface area contributed by atoms with Gasteiger partial charge < -0.3 is 15.0 Å². The Morgan fingerprint density at radius 2 is 1.86 bits per heavy atom. The molecule has 0 aliphatic carbocycles. The van der Waals surface area contributed by atoms with Crippen molar-refractivity contribution in [3.05, 3.63) is 71.8 Å². The van der Waals surface area contributed by atoms with Gasteiger partial charge in [0.2, 0.25) is 5.91 Å². The van der Waals surface area contributed by atoms with Gasteiger partial charge in [-0.15, -0.1) is 0 Å². The second kappa shape index (κ2) is 7.35. The quantitative estimate of drug-likeness (QED) is 0.740. The van der Waals surface area contributed by atoms with E-state index in [0.29, 0.717) is 13.2 Å². The summed E-state index contributed by atoms with van der Waals surface area (Å²) in [5.41, 5.74) is 2.72. The molecule has 0 aromatic heterocycles. The monoisotopic (exact) mass is 374 g/mol. The Kier molecular flexibility index (Phi) is 4.74. The molecule has 1 heterocycles. The molecular weight excluding hydrogens is 352 g/mol. The molecule has 28 heavy (non-hydrogen) atoms. The standard InChI is InChI=1S/C23H22N2O3/c1-15-7-10-21-20(13-15)22(24-16(2)26)23(27)25(21)11-12-28-19-9-8-17-5-3-4-6-18(17)14-19/h3-10,13-14,22H,11-12H2,1-2H3,(H,24,26). The number of hydrogen-bond donors (Lipinski definition) is 1. The van der Waals surface area contributed by atoms with Crippen LogP contribution < -0.4 is 15.0 Å². The third-order valence-electron chi connectivity index (χ3n) is 4.95. The lowest BCUT2D eigenvalue weighted by Crippen LogP contribution is -2.38. The van der Waals surface area contributed by atoms with E-state index in [-0.39, 0.29) is 11.8 Å². The Bertz CT molecular complexity index is 1060. The molecule has 1 N–H and O–H groups in total. The van der Waals surface area contributed by atoms with E-state index in [1.807, 2.05) is 61.5 Å². The van der Waals surface area contributed by atoms with Crippen molar-refractivity contribution in [3.8, 4) is 5.75 Å². The molecule has 0 radical (unpaired) electrons. The Labute approximate surface area is 163 Å². The van der Waals surface area contributed by atoms with Gasteiger partial charge in [0.15, 0.2) is 0 Å². The number of fused-ring (bicyclic) bond motifs is 2. The van der Waals surface area contributed by atoms with Gasteiger partial charge in [0.1, 0.15) is 18.4 Å². The first kappa shape index (κ1) is 18.0. The summed E-state index contributed by atoms with van der Waals surface area (Å²) in [6, 6.07) is 19.3. The van der Waals surface area contributed by atoms with Crippen molar-refractivity contribution in [1.82, 2.24) is 5.32 Å². The number of amides is 2. The maximum atomic E-state index is 12.9. The first-order chi connectivity index (χ1) is 13.5. The van der Waals surface area contributed by atoms with Crippen molar-refractivity contribution < 1.29 is 14.3 Å². The topological polar surface area (TPSA) is 58.6 Å². The Morgan fingerprint density at radius 1 is 1.07 bits per heavy atom. The normalized spacial score (nSPS) is 15.6. The van der Waals surface area contributed by atoms with Gasteiger partial charge >= 0.3 is 0 Å². The fourth-order valence-corrected chi connectivity index (χ4v) is 3.64. The largest absolute Gasteiger partial charge is 0.492 e. The van der Waals surface area contributed by atoms with E-state index in [1.54, 1.807) is 4.90 Å². The Balaban J connectivity index is 1.49. The van der Waals surface area contributed by atoms with E-state index < -0.39 is 6.04 Å². The summed E-state index contributed by atoms with van der Waals surface area (Å²) in [7, 11) is 0. The van der Waals surface area contributed by atoms with E-state index in [1.165, 1.54) is 6.92 Å². The van der Waals surface area contributed by atoms with E-state index in [4.69, 9.17) is 4.74 Å². The summed E-state index contributed by atoms with van der Waals surface area (Å²) >= 11 is 0. The molecule has 142 valence electrons. The lowest BCUT2D eigenvalue weighted by molar-refractivity contribution is -0.126. The van der Waals surface area contributed by atoms with Crippen molar-refractivity contribution in [3.63, 3.8) is 0 Å². The average Bonchev–Trinajstić information content (AvgIpc) is 2.92. The van der Waals surface area contributed by atoms with Crippen LogP contribution in [0.4, 0.5) is 5.69 Å². The third-order valence-corrected chi connectivity index (χ3v) is 4.95. The van der Waals surface area contributed by atoms with Crippen LogP contribution in [-0.2, 0) is 9.59 Å². The van der Waals surface area contributed by atoms with Crippen LogP contribution in [0.2, 0.25) is 0 Å². The molecule has 0 spiro atoms. The fraction of sp³-hybridized carbons (Fsp3) is 0.217. The molecule has 0 bridgehead atoms. The molecule has 5 nitrogen and oxygen atoms in total. The van der Waals surface area contributed by atoms with Crippen molar-refractivity contribution in [2.24, 2.45) is 0 Å². The van der Waals surface area contributed by atoms with Crippen LogP contribution in [0.15, 0.2) is 60.7 Å². The summed E-state index contributed by atoms with van der Waals surface area (Å²) in [6.07, 6.45) is 0. The number of aryl methyl sites for hydroxylation is 1. The van der Waals surface area contributed by atoms with Gasteiger partial charge in [0.05, 0.1) is 6.54 Å². The van der Waals surface area contributed by atoms with E-state index >= 15 is 0 Å². The molecule has 2 amide bonds. The van der Waals surface area contributed by atoms with Crippen LogP contribution in [-0.4, -0.2) is 25.0 Å². The second-order valence-corrected chi connectivity index (χ2v) is 7.04. The number of hydrogen-bond acceptors (Lipinski definition) is 3. The molecule has 0 saturated heterocycles. The summed E-state index contributed by atoms with van der Waals surface area (Å²) in [6.45, 7) is 4.18. The fourth-order valence-electron chi connectivity index (χ4n) is 3.64. The minimum atomic E-state index is -0.631. The van der Waals surface area contributed by atoms with Crippen molar-refractivity contribution in [2.45, 2.75) is 19.9 Å². The van der Waals surface area contributed by atoms with Crippen LogP contribution >= 0.6 is 0 Å². The summed E-state index contributed by atoms with van der Waals surface area (Å²) in [5, 5.41) is 5.04. The molecule has 0 saturated carbocycles. The van der Waals surface area contributed by atoms with Gasteiger partial charge in [-0.2, -0.15) is 0 Å². The summed E-state index contributed by atoms with van der Waals surface area (Å²) < 4.78 is 5.90. The van der Waals surface area contributed by atoms with E-state index in [0.717, 1.165) is 33.3 Å². The molecule has 5 heteroatoms. The number of anilines is 1. The summed E-state index contributed by atoms with van der Waals surface area (Å²) in [4.78, 5) is 26.1. The number of nitrogens with zero attached hydrogens (tertiary/aromatic N) is 1. The first-order valence-corrected chi connectivity index (χ1v) is 9.33. The number of carbonyl (C=O) groups excluding carboxylic acids is 2. The van der Waals surface area contributed by atoms with Gasteiger partial charge in [0.25, 0.3) is 5.91 Å². The minimum absolute atomic E-state index is 0.127. The zero-order valence-electron chi connectivity index (χ0n) is 15.9. The number of ether oxygens (including phenoxy) is 1. The minimum Gasteiger partial charge on any atom is -0.492 e. The Hall–Kier alpha value is -3.34. The predicted octanol–water partition coefficient (Wildman–Crippen LogP) is 3.75. The van der Waals surface area contributed by atoms with Crippen molar-refractivity contribution in [2.75, 3.05) is 18.1 Å². The number of carbonyl (C=O) groups is 2. The highest BCUT2D eigenvalue weighted by Crippen LogP contribution is 2.36. The maximum absolute atomic E-state index is 12.9. The predicted molar refractivity (Wildman–Crippen MR) is 110 cm³/mol. The van der Waals surface area contributed by atoms with Gasteiger partial charge in [-0.3, -0.25) is 9.59 Å².